The van der Waals surface area contributed by atoms with E-state index in [1.165, 1.54) is 0 Å². The van der Waals surface area contributed by atoms with Crippen molar-refractivity contribution in [2.24, 2.45) is 0 Å². The molecule has 0 aliphatic carbocycles. The van der Waals surface area contributed by atoms with Crippen molar-refractivity contribution in [3.8, 4) is 6.07 Å². The maximum absolute atomic E-state index is 8.63. The van der Waals surface area contributed by atoms with Crippen molar-refractivity contribution >= 4 is 28.9 Å². The largest absolute Gasteiger partial charge is 0.369 e. The highest BCUT2D eigenvalue weighted by molar-refractivity contribution is 6.42. The fraction of sp³-hybridized carbons (Fsp3) is 0.417. The Hall–Kier alpha value is -0.950. The topological polar surface area (TPSA) is 30.3 Å². The van der Waals surface area contributed by atoms with Crippen LogP contribution in [0.2, 0.25) is 10.0 Å². The van der Waals surface area contributed by atoms with Gasteiger partial charge in [0.05, 0.1) is 22.7 Å². The molecule has 2 rings (SSSR count). The van der Waals surface area contributed by atoms with Gasteiger partial charge in [0.2, 0.25) is 0 Å². The standard InChI is InChI=1S/C12H13Cl2N3/c13-11-2-1-10(9-12(11)14)17-7-5-16(4-3-15)6-8-17/h1-2,9H,4-8H2. The highest BCUT2D eigenvalue weighted by Crippen LogP contribution is 2.27. The lowest BCUT2D eigenvalue weighted by Crippen LogP contribution is -2.46. The minimum absolute atomic E-state index is 0.509. The molecule has 0 saturated carbocycles. The molecule has 1 heterocycles. The van der Waals surface area contributed by atoms with Crippen molar-refractivity contribution in [1.29, 1.82) is 5.26 Å². The van der Waals surface area contributed by atoms with Gasteiger partial charge < -0.3 is 4.90 Å². The zero-order valence-electron chi connectivity index (χ0n) is 9.37. The van der Waals surface area contributed by atoms with Gasteiger partial charge in [-0.25, -0.2) is 0 Å². The zero-order valence-corrected chi connectivity index (χ0v) is 10.9. The summed E-state index contributed by atoms with van der Waals surface area (Å²) in [5.41, 5.74) is 1.09. The van der Waals surface area contributed by atoms with E-state index in [1.807, 2.05) is 18.2 Å². The Bertz CT molecular complexity index is 434. The van der Waals surface area contributed by atoms with Crippen LogP contribution in [0.25, 0.3) is 0 Å². The Kier molecular flexibility index (Phi) is 4.11. The predicted molar refractivity (Wildman–Crippen MR) is 70.7 cm³/mol. The summed E-state index contributed by atoms with van der Waals surface area (Å²) in [6.07, 6.45) is 0. The first-order chi connectivity index (χ1) is 8.20. The third-order valence-corrected chi connectivity index (χ3v) is 3.67. The molecule has 17 heavy (non-hydrogen) atoms. The number of rotatable bonds is 2. The molecular weight excluding hydrogens is 257 g/mol. The first kappa shape index (κ1) is 12.5. The number of hydrogen-bond donors (Lipinski definition) is 0. The monoisotopic (exact) mass is 269 g/mol. The van der Waals surface area contributed by atoms with Crippen molar-refractivity contribution in [3.05, 3.63) is 28.2 Å². The molecule has 0 unspecified atom stereocenters. The van der Waals surface area contributed by atoms with E-state index in [9.17, 15) is 0 Å². The maximum atomic E-state index is 8.63. The van der Waals surface area contributed by atoms with E-state index in [-0.39, 0.29) is 0 Å². The van der Waals surface area contributed by atoms with E-state index in [0.29, 0.717) is 16.6 Å². The number of halogens is 2. The van der Waals surface area contributed by atoms with Crippen LogP contribution in [0.4, 0.5) is 5.69 Å². The number of anilines is 1. The van der Waals surface area contributed by atoms with Gasteiger partial charge in [0.1, 0.15) is 0 Å². The Morgan fingerprint density at radius 2 is 1.82 bits per heavy atom. The molecule has 90 valence electrons. The summed E-state index contributed by atoms with van der Waals surface area (Å²) in [4.78, 5) is 4.41. The second-order valence-electron chi connectivity index (χ2n) is 4.02. The van der Waals surface area contributed by atoms with Crippen molar-refractivity contribution in [3.63, 3.8) is 0 Å². The molecule has 1 fully saturated rings. The SMILES string of the molecule is N#CCN1CCN(c2ccc(Cl)c(Cl)c2)CC1. The molecule has 1 saturated heterocycles. The fourth-order valence-electron chi connectivity index (χ4n) is 1.95. The van der Waals surface area contributed by atoms with Crippen molar-refractivity contribution in [2.75, 3.05) is 37.6 Å². The van der Waals surface area contributed by atoms with E-state index in [1.54, 1.807) is 0 Å². The van der Waals surface area contributed by atoms with Crippen molar-refractivity contribution in [2.45, 2.75) is 0 Å². The fourth-order valence-corrected chi connectivity index (χ4v) is 2.24. The van der Waals surface area contributed by atoms with Gasteiger partial charge in [-0.15, -0.1) is 0 Å². The van der Waals surface area contributed by atoms with Crippen LogP contribution in [-0.4, -0.2) is 37.6 Å². The summed E-state index contributed by atoms with van der Waals surface area (Å²) in [5.74, 6) is 0. The molecule has 0 radical (unpaired) electrons. The average Bonchev–Trinajstić information content (AvgIpc) is 2.34. The van der Waals surface area contributed by atoms with E-state index < -0.39 is 0 Å². The molecule has 0 spiro atoms. The first-order valence-electron chi connectivity index (χ1n) is 5.50. The molecule has 0 bridgehead atoms. The van der Waals surface area contributed by atoms with Gasteiger partial charge in [0.15, 0.2) is 0 Å². The second-order valence-corrected chi connectivity index (χ2v) is 4.83. The number of nitriles is 1. The molecule has 0 N–H and O–H groups in total. The van der Waals surface area contributed by atoms with Crippen LogP contribution in [0.3, 0.4) is 0 Å². The Morgan fingerprint density at radius 1 is 1.12 bits per heavy atom. The number of piperazine rings is 1. The van der Waals surface area contributed by atoms with E-state index in [4.69, 9.17) is 28.5 Å². The van der Waals surface area contributed by atoms with Crippen LogP contribution in [0.15, 0.2) is 18.2 Å². The summed E-state index contributed by atoms with van der Waals surface area (Å²) in [5, 5.41) is 9.80. The highest BCUT2D eigenvalue weighted by atomic mass is 35.5. The Labute approximate surface area is 111 Å². The molecule has 0 atom stereocenters. The van der Waals surface area contributed by atoms with Crippen LogP contribution in [0.5, 0.6) is 0 Å². The lowest BCUT2D eigenvalue weighted by Gasteiger charge is -2.35. The zero-order chi connectivity index (χ0) is 12.3. The minimum atomic E-state index is 0.509. The van der Waals surface area contributed by atoms with Crippen LogP contribution in [0.1, 0.15) is 0 Å². The third-order valence-electron chi connectivity index (χ3n) is 2.93. The van der Waals surface area contributed by atoms with Crippen LogP contribution in [-0.2, 0) is 0 Å². The lowest BCUT2D eigenvalue weighted by molar-refractivity contribution is 0.287. The average molecular weight is 270 g/mol. The van der Waals surface area contributed by atoms with E-state index >= 15 is 0 Å². The number of hydrogen-bond acceptors (Lipinski definition) is 3. The quantitative estimate of drug-likeness (QED) is 0.774. The van der Waals surface area contributed by atoms with E-state index in [0.717, 1.165) is 31.9 Å². The Morgan fingerprint density at radius 3 is 2.41 bits per heavy atom. The molecule has 1 aromatic rings. The van der Waals surface area contributed by atoms with Gasteiger partial charge in [-0.3, -0.25) is 4.90 Å². The second kappa shape index (κ2) is 5.59. The maximum Gasteiger partial charge on any atom is 0.0867 e. The minimum Gasteiger partial charge on any atom is -0.369 e. The number of benzene rings is 1. The van der Waals surface area contributed by atoms with Gasteiger partial charge >= 0.3 is 0 Å². The first-order valence-corrected chi connectivity index (χ1v) is 6.25. The van der Waals surface area contributed by atoms with Gasteiger partial charge in [-0.1, -0.05) is 23.2 Å². The molecule has 1 aromatic carbocycles. The van der Waals surface area contributed by atoms with Gasteiger partial charge in [0.25, 0.3) is 0 Å². The van der Waals surface area contributed by atoms with Crippen LogP contribution in [0, 0.1) is 11.3 Å². The lowest BCUT2D eigenvalue weighted by atomic mass is 10.2. The summed E-state index contributed by atoms with van der Waals surface area (Å²) in [6, 6.07) is 7.87. The highest BCUT2D eigenvalue weighted by Gasteiger charge is 2.17. The van der Waals surface area contributed by atoms with Crippen LogP contribution < -0.4 is 4.90 Å². The van der Waals surface area contributed by atoms with Gasteiger partial charge in [-0.05, 0) is 18.2 Å². The smallest absolute Gasteiger partial charge is 0.0867 e. The van der Waals surface area contributed by atoms with E-state index in [2.05, 4.69) is 15.9 Å². The van der Waals surface area contributed by atoms with Crippen molar-refractivity contribution < 1.29 is 0 Å². The summed E-state index contributed by atoms with van der Waals surface area (Å²) in [7, 11) is 0. The van der Waals surface area contributed by atoms with Gasteiger partial charge in [0, 0.05) is 31.9 Å². The van der Waals surface area contributed by atoms with Crippen LogP contribution >= 0.6 is 23.2 Å². The normalized spacial score (nSPS) is 16.9. The third kappa shape index (κ3) is 3.04. The molecule has 3 nitrogen and oxygen atoms in total. The summed E-state index contributed by atoms with van der Waals surface area (Å²) in [6.45, 7) is 4.16. The molecule has 1 aliphatic rings. The Balaban J connectivity index is 2.01. The molecule has 5 heteroatoms. The summed E-state index contributed by atoms with van der Waals surface area (Å²) < 4.78 is 0. The molecule has 0 aromatic heterocycles. The van der Waals surface area contributed by atoms with Gasteiger partial charge in [-0.2, -0.15) is 5.26 Å². The predicted octanol–water partition coefficient (Wildman–Crippen LogP) is 2.64. The number of nitrogens with zero attached hydrogens (tertiary/aromatic N) is 3. The molecule has 0 amide bonds. The van der Waals surface area contributed by atoms with Crippen molar-refractivity contribution in [1.82, 2.24) is 4.90 Å². The summed E-state index contributed by atoms with van der Waals surface area (Å²) >= 11 is 11.9. The molecular formula is C12H13Cl2N3. The molecule has 1 aliphatic heterocycles.